The van der Waals surface area contributed by atoms with Crippen molar-refractivity contribution >= 4 is 76.3 Å². The molecule has 10 aromatic carbocycles. The fraction of sp³-hybridized carbons (Fsp3) is 0. The lowest BCUT2D eigenvalue weighted by Gasteiger charge is -2.14. The van der Waals surface area contributed by atoms with Crippen molar-refractivity contribution in [3.63, 3.8) is 0 Å². The Balaban J connectivity index is 0.956. The minimum absolute atomic E-state index is 0.891. The topological polar surface area (TPSA) is 23.0 Å². The minimum Gasteiger partial charge on any atom is -0.455 e. The number of nitrogens with zero attached hydrogens (tertiary/aromatic N) is 2. The van der Waals surface area contributed by atoms with Gasteiger partial charge < -0.3 is 13.6 Å². The van der Waals surface area contributed by atoms with E-state index in [0.717, 1.165) is 72.1 Å². The SMILES string of the molecule is c1ccc2c(c1)ccc1c3ccc(-c4cc(-c5ccc(-n6c7ccccc7c7ccccc76)cc5)cc(-c5ccc(-n6c7ccccc7c7ccccc76)cc5)c4)cc3oc21. The number of para-hydroxylation sites is 4. The number of hydrogen-bond acceptors (Lipinski definition) is 1. The average Bonchev–Trinajstić information content (AvgIpc) is 3.99. The van der Waals surface area contributed by atoms with E-state index in [1.54, 1.807) is 0 Å². The number of rotatable bonds is 5. The van der Waals surface area contributed by atoms with Gasteiger partial charge in [0.15, 0.2) is 0 Å². The van der Waals surface area contributed by atoms with Crippen LogP contribution in [0, 0.1) is 0 Å². The lowest BCUT2D eigenvalue weighted by molar-refractivity contribution is 0.673. The molecule has 0 saturated carbocycles. The summed E-state index contributed by atoms with van der Waals surface area (Å²) in [7, 11) is 0. The lowest BCUT2D eigenvalue weighted by atomic mass is 9.93. The number of aromatic nitrogens is 2. The van der Waals surface area contributed by atoms with Crippen molar-refractivity contribution in [2.75, 3.05) is 0 Å². The number of benzene rings is 10. The molecule has 0 amide bonds. The first-order valence-electron chi connectivity index (χ1n) is 20.9. The van der Waals surface area contributed by atoms with Crippen LogP contribution in [0.4, 0.5) is 0 Å². The van der Waals surface area contributed by atoms with E-state index >= 15 is 0 Å². The summed E-state index contributed by atoms with van der Waals surface area (Å²) in [5, 5.41) is 9.63. The second kappa shape index (κ2) is 13.2. The molecule has 0 unspecified atom stereocenters. The number of furan rings is 1. The van der Waals surface area contributed by atoms with Crippen LogP contribution in [-0.2, 0) is 0 Å². The molecule has 0 atom stereocenters. The van der Waals surface area contributed by atoms with E-state index in [4.69, 9.17) is 4.42 Å². The third-order valence-electron chi connectivity index (χ3n) is 12.7. The van der Waals surface area contributed by atoms with Gasteiger partial charge in [0, 0.05) is 49.1 Å². The Labute approximate surface area is 351 Å². The van der Waals surface area contributed by atoms with Gasteiger partial charge in [-0.3, -0.25) is 0 Å². The molecule has 0 spiro atoms. The quantitative estimate of drug-likeness (QED) is 0.171. The maximum atomic E-state index is 6.67. The second-order valence-electron chi connectivity index (χ2n) is 16.1. The van der Waals surface area contributed by atoms with Gasteiger partial charge in [0.25, 0.3) is 0 Å². The van der Waals surface area contributed by atoms with Crippen LogP contribution in [-0.4, -0.2) is 9.13 Å². The maximum absolute atomic E-state index is 6.67. The smallest absolute Gasteiger partial charge is 0.143 e. The van der Waals surface area contributed by atoms with Gasteiger partial charge in [-0.1, -0.05) is 133 Å². The Morgan fingerprint density at radius 3 is 1.15 bits per heavy atom. The van der Waals surface area contributed by atoms with Crippen molar-refractivity contribution < 1.29 is 4.42 Å². The zero-order valence-electron chi connectivity index (χ0n) is 33.1. The molecule has 0 radical (unpaired) electrons. The van der Waals surface area contributed by atoms with Crippen LogP contribution in [0.1, 0.15) is 0 Å². The molecule has 3 nitrogen and oxygen atoms in total. The summed E-state index contributed by atoms with van der Waals surface area (Å²) < 4.78 is 11.4. The molecule has 13 aromatic rings. The molecule has 61 heavy (non-hydrogen) atoms. The molecule has 0 aliphatic heterocycles. The van der Waals surface area contributed by atoms with Gasteiger partial charge in [0.2, 0.25) is 0 Å². The third-order valence-corrected chi connectivity index (χ3v) is 12.7. The predicted octanol–water partition coefficient (Wildman–Crippen LogP) is 15.9. The molecular formula is C58H36N2O. The van der Waals surface area contributed by atoms with E-state index in [-0.39, 0.29) is 0 Å². The highest BCUT2D eigenvalue weighted by molar-refractivity contribution is 6.15. The number of fused-ring (bicyclic) bond motifs is 11. The van der Waals surface area contributed by atoms with E-state index in [1.165, 1.54) is 49.0 Å². The van der Waals surface area contributed by atoms with Gasteiger partial charge in [-0.05, 0) is 124 Å². The molecule has 0 fully saturated rings. The van der Waals surface area contributed by atoms with Gasteiger partial charge in [0.05, 0.1) is 22.1 Å². The molecule has 3 heteroatoms. The Kier molecular flexibility index (Phi) is 7.31. The molecule has 3 aromatic heterocycles. The van der Waals surface area contributed by atoms with E-state index in [9.17, 15) is 0 Å². The molecule has 0 bridgehead atoms. The Hall–Kier alpha value is -8.14. The van der Waals surface area contributed by atoms with Crippen LogP contribution in [0.2, 0.25) is 0 Å². The summed E-state index contributed by atoms with van der Waals surface area (Å²) in [5.74, 6) is 0. The summed E-state index contributed by atoms with van der Waals surface area (Å²) >= 11 is 0. The molecule has 0 aliphatic rings. The summed E-state index contributed by atoms with van der Waals surface area (Å²) in [6, 6.07) is 79.3. The van der Waals surface area contributed by atoms with Crippen molar-refractivity contribution in [2.24, 2.45) is 0 Å². The summed E-state index contributed by atoms with van der Waals surface area (Å²) in [4.78, 5) is 0. The van der Waals surface area contributed by atoms with Crippen LogP contribution in [0.25, 0.3) is 121 Å². The maximum Gasteiger partial charge on any atom is 0.143 e. The molecule has 0 aliphatic carbocycles. The van der Waals surface area contributed by atoms with Gasteiger partial charge in [0.1, 0.15) is 11.2 Å². The molecule has 284 valence electrons. The van der Waals surface area contributed by atoms with Crippen molar-refractivity contribution in [1.82, 2.24) is 9.13 Å². The largest absolute Gasteiger partial charge is 0.455 e. The van der Waals surface area contributed by atoms with Crippen LogP contribution >= 0.6 is 0 Å². The van der Waals surface area contributed by atoms with Gasteiger partial charge in [-0.15, -0.1) is 0 Å². The van der Waals surface area contributed by atoms with Crippen molar-refractivity contribution in [2.45, 2.75) is 0 Å². The van der Waals surface area contributed by atoms with Gasteiger partial charge in [-0.2, -0.15) is 0 Å². The highest BCUT2D eigenvalue weighted by atomic mass is 16.3. The van der Waals surface area contributed by atoms with Crippen LogP contribution in [0.15, 0.2) is 223 Å². The molecule has 0 N–H and O–H groups in total. The van der Waals surface area contributed by atoms with E-state index < -0.39 is 0 Å². The van der Waals surface area contributed by atoms with Crippen molar-refractivity contribution in [3.05, 3.63) is 218 Å². The predicted molar refractivity (Wildman–Crippen MR) is 256 cm³/mol. The van der Waals surface area contributed by atoms with Gasteiger partial charge >= 0.3 is 0 Å². The monoisotopic (exact) mass is 776 g/mol. The third kappa shape index (κ3) is 5.24. The number of hydrogen-bond donors (Lipinski definition) is 0. The molecular weight excluding hydrogens is 741 g/mol. The molecule has 0 saturated heterocycles. The highest BCUT2D eigenvalue weighted by Crippen LogP contribution is 2.40. The normalized spacial score (nSPS) is 11.9. The molecule has 3 heterocycles. The van der Waals surface area contributed by atoms with Crippen molar-refractivity contribution in [1.29, 1.82) is 0 Å². The standard InChI is InChI=1S/C58H36N2O/c1-2-12-46-39(11-1)25-32-52-51-31-26-40(36-57(51)61-58(46)52)43-34-41(37-21-27-44(28-22-37)59-53-17-7-3-13-47(53)48-14-4-8-18-54(48)59)33-42(35-43)38-23-29-45(30-24-38)60-55-19-9-5-15-49(55)50-16-6-10-20-56(50)60/h1-36H. The van der Waals surface area contributed by atoms with Crippen LogP contribution in [0.3, 0.4) is 0 Å². The first-order chi connectivity index (χ1) is 30.2. The average molecular weight is 777 g/mol. The fourth-order valence-electron chi connectivity index (χ4n) is 9.82. The summed E-state index contributed by atoms with van der Waals surface area (Å²) in [6.45, 7) is 0. The highest BCUT2D eigenvalue weighted by Gasteiger charge is 2.16. The Bertz CT molecular complexity index is 3580. The second-order valence-corrected chi connectivity index (χ2v) is 16.1. The summed E-state index contributed by atoms with van der Waals surface area (Å²) in [5.41, 5.74) is 15.8. The zero-order valence-corrected chi connectivity index (χ0v) is 33.1. The summed E-state index contributed by atoms with van der Waals surface area (Å²) in [6.07, 6.45) is 0. The van der Waals surface area contributed by atoms with E-state index in [0.29, 0.717) is 0 Å². The first kappa shape index (κ1) is 33.8. The fourth-order valence-corrected chi connectivity index (χ4v) is 9.82. The van der Waals surface area contributed by atoms with E-state index in [1.807, 2.05) is 0 Å². The Morgan fingerprint density at radius 1 is 0.262 bits per heavy atom. The van der Waals surface area contributed by atoms with E-state index in [2.05, 4.69) is 228 Å². The minimum atomic E-state index is 0.891. The van der Waals surface area contributed by atoms with Crippen LogP contribution < -0.4 is 0 Å². The van der Waals surface area contributed by atoms with Crippen LogP contribution in [0.5, 0.6) is 0 Å². The first-order valence-corrected chi connectivity index (χ1v) is 20.9. The van der Waals surface area contributed by atoms with Crippen molar-refractivity contribution in [3.8, 4) is 44.8 Å². The van der Waals surface area contributed by atoms with Gasteiger partial charge in [-0.25, -0.2) is 0 Å². The zero-order chi connectivity index (χ0) is 40.0. The molecule has 13 rings (SSSR count). The Morgan fingerprint density at radius 2 is 0.656 bits per heavy atom. The lowest BCUT2D eigenvalue weighted by Crippen LogP contribution is -1.94.